The number of hydrogen-bond donors (Lipinski definition) is 1. The number of carbonyl (C=O) groups is 1. The summed E-state index contributed by atoms with van der Waals surface area (Å²) in [6.07, 6.45) is 8.09. The van der Waals surface area contributed by atoms with Gasteiger partial charge in [0.2, 0.25) is 0 Å². The number of fused-ring (bicyclic) bond motifs is 2. The molecule has 2 aliphatic carbocycles. The van der Waals surface area contributed by atoms with Crippen LogP contribution in [-0.4, -0.2) is 34.5 Å². The number of rotatable bonds is 3. The lowest BCUT2D eigenvalue weighted by atomic mass is 9.51. The van der Waals surface area contributed by atoms with Gasteiger partial charge in [-0.3, -0.25) is 4.79 Å². The number of allylic oxidation sites excluding steroid dienone is 2. The molecule has 29 heavy (non-hydrogen) atoms. The van der Waals surface area contributed by atoms with Crippen LogP contribution in [-0.2, 0) is 19.3 Å². The van der Waals surface area contributed by atoms with Crippen molar-refractivity contribution in [3.63, 3.8) is 0 Å². The Balaban J connectivity index is 1.51. The van der Waals surface area contributed by atoms with Crippen molar-refractivity contribution in [1.82, 2.24) is 0 Å². The van der Waals surface area contributed by atoms with Crippen LogP contribution >= 0.6 is 0 Å². The monoisotopic (exact) mass is 406 g/mol. The third kappa shape index (κ3) is 3.47. The summed E-state index contributed by atoms with van der Waals surface area (Å²) < 4.78 is 6.81. The van der Waals surface area contributed by atoms with E-state index in [2.05, 4.69) is 40.7 Å². The predicted molar refractivity (Wildman–Crippen MR) is 110 cm³/mol. The summed E-state index contributed by atoms with van der Waals surface area (Å²) in [5, 5.41) is 9.26. The molecule has 3 fully saturated rings. The maximum atomic E-state index is 11.3. The zero-order valence-corrected chi connectivity index (χ0v) is 18.9. The van der Waals surface area contributed by atoms with Crippen LogP contribution in [0.15, 0.2) is 11.6 Å². The number of hydrogen-bond acceptors (Lipinski definition) is 4. The molecule has 2 heterocycles. The molecule has 4 aliphatic rings. The molecular formula is C24H38O5. The smallest absolute Gasteiger partial charge is 0.308 e. The molecule has 0 aromatic rings. The number of carboxylic acid groups (broad SMARTS) is 1. The third-order valence-corrected chi connectivity index (χ3v) is 8.87. The Hall–Kier alpha value is -0.910. The van der Waals surface area contributed by atoms with Crippen LogP contribution in [0.1, 0.15) is 80.1 Å². The second-order valence-corrected chi connectivity index (χ2v) is 11.3. The number of aliphatic carboxylic acids is 1. The lowest BCUT2D eigenvalue weighted by Gasteiger charge is -2.55. The Morgan fingerprint density at radius 1 is 1.21 bits per heavy atom. The Bertz CT molecular complexity index is 689. The molecule has 0 radical (unpaired) electrons. The normalized spacial score (nSPS) is 47.7. The van der Waals surface area contributed by atoms with Gasteiger partial charge in [0, 0.05) is 0 Å². The van der Waals surface area contributed by atoms with Crippen LogP contribution < -0.4 is 0 Å². The topological polar surface area (TPSA) is 65.0 Å². The van der Waals surface area contributed by atoms with Gasteiger partial charge in [-0.05, 0) is 89.4 Å². The molecule has 0 spiro atoms. The van der Waals surface area contributed by atoms with Gasteiger partial charge in [0.25, 0.3) is 0 Å². The highest BCUT2D eigenvalue weighted by atomic mass is 17.2. The maximum absolute atomic E-state index is 11.3. The number of carboxylic acids is 1. The molecule has 0 aromatic carbocycles. The van der Waals surface area contributed by atoms with Gasteiger partial charge in [-0.1, -0.05) is 25.5 Å². The first-order valence-corrected chi connectivity index (χ1v) is 11.4. The molecule has 164 valence electrons. The minimum Gasteiger partial charge on any atom is -0.481 e. The molecule has 8 atom stereocenters. The van der Waals surface area contributed by atoms with Crippen LogP contribution in [0.4, 0.5) is 0 Å². The van der Waals surface area contributed by atoms with E-state index in [4.69, 9.17) is 14.5 Å². The van der Waals surface area contributed by atoms with Gasteiger partial charge >= 0.3 is 5.97 Å². The van der Waals surface area contributed by atoms with Crippen LogP contribution in [0.2, 0.25) is 0 Å². The summed E-state index contributed by atoms with van der Waals surface area (Å²) >= 11 is 0. The molecule has 2 aliphatic heterocycles. The van der Waals surface area contributed by atoms with Gasteiger partial charge < -0.3 is 9.84 Å². The molecule has 2 saturated heterocycles. The van der Waals surface area contributed by atoms with Crippen molar-refractivity contribution in [3.8, 4) is 0 Å². The van der Waals surface area contributed by atoms with Crippen LogP contribution in [0.25, 0.3) is 0 Å². The first kappa shape index (κ1) is 21.3. The van der Waals surface area contributed by atoms with Crippen molar-refractivity contribution >= 4 is 5.97 Å². The van der Waals surface area contributed by atoms with Gasteiger partial charge in [0.05, 0.1) is 17.6 Å². The van der Waals surface area contributed by atoms with Crippen molar-refractivity contribution < 1.29 is 24.4 Å². The minimum atomic E-state index is -0.842. The summed E-state index contributed by atoms with van der Waals surface area (Å²) in [6, 6.07) is 0. The fourth-order valence-corrected chi connectivity index (χ4v) is 6.98. The van der Waals surface area contributed by atoms with Crippen molar-refractivity contribution in [3.05, 3.63) is 11.6 Å². The molecule has 5 heteroatoms. The van der Waals surface area contributed by atoms with E-state index in [1.807, 2.05) is 0 Å². The summed E-state index contributed by atoms with van der Waals surface area (Å²) in [7, 11) is 0. The average molecular weight is 407 g/mol. The largest absolute Gasteiger partial charge is 0.481 e. The summed E-state index contributed by atoms with van der Waals surface area (Å²) in [5.41, 5.74) is 1.06. The molecular weight excluding hydrogens is 368 g/mol. The fraction of sp³-hybridized carbons (Fsp3) is 0.875. The summed E-state index contributed by atoms with van der Waals surface area (Å²) in [4.78, 5) is 22.8. The SMILES string of the molecule is CC1=C[C@@H]2C[C@@]3(C)O[C@@H]([C@]4(C)CC[C@H](C(C)C(=O)O)OO4)C[C@@H]3C(C)(C)[C@@H]2CC1. The Labute approximate surface area is 175 Å². The lowest BCUT2D eigenvalue weighted by Crippen LogP contribution is -2.53. The quantitative estimate of drug-likeness (QED) is 0.519. The first-order chi connectivity index (χ1) is 13.5. The van der Waals surface area contributed by atoms with Crippen LogP contribution in [0, 0.1) is 29.1 Å². The van der Waals surface area contributed by atoms with Gasteiger partial charge in [0.15, 0.2) is 0 Å². The Kier molecular flexibility index (Phi) is 5.20. The van der Waals surface area contributed by atoms with E-state index in [-0.39, 0.29) is 17.1 Å². The molecule has 1 N–H and O–H groups in total. The number of ether oxygens (including phenoxy) is 1. The van der Waals surface area contributed by atoms with Gasteiger partial charge in [-0.2, -0.15) is 0 Å². The average Bonchev–Trinajstić information content (AvgIpc) is 3.00. The highest BCUT2D eigenvalue weighted by Crippen LogP contribution is 2.62. The van der Waals surface area contributed by atoms with Crippen molar-refractivity contribution in [1.29, 1.82) is 0 Å². The second-order valence-electron chi connectivity index (χ2n) is 11.3. The summed E-state index contributed by atoms with van der Waals surface area (Å²) in [6.45, 7) is 13.2. The standard InChI is InChI=1S/C24H38O5/c1-14-7-8-17-16(11-14)13-24(6)19(22(17,3)4)12-20(27-24)23(5)10-9-18(28-29-23)15(2)21(25)26/h11,15-20H,7-10,12-13H2,1-6H3,(H,25,26)/t15?,16-,17-,18-,19-,20-,23+,24-/m1/s1. The Morgan fingerprint density at radius 3 is 2.55 bits per heavy atom. The van der Waals surface area contributed by atoms with E-state index in [1.54, 1.807) is 6.92 Å². The van der Waals surface area contributed by atoms with Gasteiger partial charge in [-0.15, -0.1) is 0 Å². The second kappa shape index (κ2) is 7.06. The van der Waals surface area contributed by atoms with E-state index < -0.39 is 23.6 Å². The van der Waals surface area contributed by atoms with Crippen molar-refractivity contribution in [2.45, 2.75) is 103 Å². The highest BCUT2D eigenvalue weighted by molar-refractivity contribution is 5.70. The van der Waals surface area contributed by atoms with E-state index in [0.29, 0.717) is 24.2 Å². The molecule has 0 bridgehead atoms. The third-order valence-electron chi connectivity index (χ3n) is 8.87. The van der Waals surface area contributed by atoms with Gasteiger partial charge in [-0.25, -0.2) is 9.78 Å². The summed E-state index contributed by atoms with van der Waals surface area (Å²) in [5.74, 6) is 0.385. The zero-order chi connectivity index (χ0) is 21.2. The molecule has 4 rings (SSSR count). The van der Waals surface area contributed by atoms with E-state index in [0.717, 1.165) is 19.3 Å². The Morgan fingerprint density at radius 2 is 1.93 bits per heavy atom. The van der Waals surface area contributed by atoms with E-state index >= 15 is 0 Å². The van der Waals surface area contributed by atoms with E-state index in [1.165, 1.54) is 18.4 Å². The van der Waals surface area contributed by atoms with Crippen molar-refractivity contribution in [2.75, 3.05) is 0 Å². The molecule has 5 nitrogen and oxygen atoms in total. The first-order valence-electron chi connectivity index (χ1n) is 11.4. The fourth-order valence-electron chi connectivity index (χ4n) is 6.98. The highest BCUT2D eigenvalue weighted by Gasteiger charge is 2.62. The minimum absolute atomic E-state index is 0.0249. The molecule has 1 saturated carbocycles. The lowest BCUT2D eigenvalue weighted by molar-refractivity contribution is -0.425. The van der Waals surface area contributed by atoms with Crippen LogP contribution in [0.5, 0.6) is 0 Å². The molecule has 0 aromatic heterocycles. The molecule has 0 amide bonds. The molecule has 1 unspecified atom stereocenters. The zero-order valence-electron chi connectivity index (χ0n) is 18.9. The predicted octanol–water partition coefficient (Wildman–Crippen LogP) is 5.14. The van der Waals surface area contributed by atoms with E-state index in [9.17, 15) is 9.90 Å². The van der Waals surface area contributed by atoms with Crippen LogP contribution in [0.3, 0.4) is 0 Å². The van der Waals surface area contributed by atoms with Crippen molar-refractivity contribution in [2.24, 2.45) is 29.1 Å². The maximum Gasteiger partial charge on any atom is 0.308 e. The van der Waals surface area contributed by atoms with Gasteiger partial charge in [0.1, 0.15) is 11.7 Å².